The van der Waals surface area contributed by atoms with Gasteiger partial charge in [-0.25, -0.2) is 18.3 Å². The van der Waals surface area contributed by atoms with E-state index in [4.69, 9.17) is 4.84 Å². The zero-order chi connectivity index (χ0) is 18.5. The molecule has 0 saturated carbocycles. The number of hydrogen-bond acceptors (Lipinski definition) is 5. The Morgan fingerprint density at radius 1 is 1.46 bits per heavy atom. The average molecular weight is 362 g/mol. The normalized spacial score (nSPS) is 14.2. The van der Waals surface area contributed by atoms with Crippen LogP contribution in [-0.4, -0.2) is 36.5 Å². The highest BCUT2D eigenvalue weighted by atomic mass is 32.2. The van der Waals surface area contributed by atoms with Crippen molar-refractivity contribution in [2.45, 2.75) is 44.9 Å². The molecule has 1 unspecified atom stereocenters. The Morgan fingerprint density at radius 3 is 2.62 bits per heavy atom. The molecule has 0 aliphatic rings. The maximum atomic E-state index is 13.6. The van der Waals surface area contributed by atoms with Crippen molar-refractivity contribution in [2.24, 2.45) is 0 Å². The molecule has 7 nitrogen and oxygen atoms in total. The summed E-state index contributed by atoms with van der Waals surface area (Å²) in [5.74, 6) is -1.40. The van der Waals surface area contributed by atoms with E-state index in [0.717, 1.165) is 23.1 Å². The van der Waals surface area contributed by atoms with Crippen LogP contribution in [0.5, 0.6) is 0 Å². The van der Waals surface area contributed by atoms with E-state index in [1.807, 2.05) is 6.92 Å². The van der Waals surface area contributed by atoms with Crippen molar-refractivity contribution in [3.63, 3.8) is 0 Å². The van der Waals surface area contributed by atoms with Crippen LogP contribution in [0.1, 0.15) is 32.3 Å². The molecular weight excluding hydrogens is 339 g/mol. The number of nitrogens with one attached hydrogen (secondary N) is 1. The molecule has 0 spiro atoms. The Balaban J connectivity index is 3.02. The summed E-state index contributed by atoms with van der Waals surface area (Å²) in [6.07, 6.45) is 2.39. The molecule has 0 aromatic carbocycles. The van der Waals surface area contributed by atoms with E-state index >= 15 is 0 Å². The molecule has 0 saturated heterocycles. The Bertz CT molecular complexity index is 760. The Hall–Kier alpha value is -1.74. The van der Waals surface area contributed by atoms with Gasteiger partial charge in [0, 0.05) is 25.1 Å². The van der Waals surface area contributed by atoms with Crippen LogP contribution in [0.25, 0.3) is 0 Å². The summed E-state index contributed by atoms with van der Waals surface area (Å²) < 4.78 is 37.0. The SMILES string of the molecule is CCCONC(=O)C(C)(CCn1cc(F)c(C)cc1=O)S(C)(=O)=O. The van der Waals surface area contributed by atoms with Gasteiger partial charge in [0.15, 0.2) is 14.6 Å². The van der Waals surface area contributed by atoms with Crippen LogP contribution in [0.2, 0.25) is 0 Å². The van der Waals surface area contributed by atoms with Crippen molar-refractivity contribution in [2.75, 3.05) is 12.9 Å². The molecule has 1 heterocycles. The molecule has 1 amide bonds. The van der Waals surface area contributed by atoms with Gasteiger partial charge in [-0.15, -0.1) is 0 Å². The lowest BCUT2D eigenvalue weighted by atomic mass is 10.1. The van der Waals surface area contributed by atoms with Gasteiger partial charge in [0.2, 0.25) is 0 Å². The number of carbonyl (C=O) groups is 1. The van der Waals surface area contributed by atoms with Gasteiger partial charge in [-0.3, -0.25) is 14.4 Å². The van der Waals surface area contributed by atoms with Crippen LogP contribution in [-0.2, 0) is 26.0 Å². The Kier molecular flexibility index (Phi) is 6.67. The fraction of sp³-hybridized carbons (Fsp3) is 0.600. The van der Waals surface area contributed by atoms with Crippen LogP contribution in [0.15, 0.2) is 17.1 Å². The largest absolute Gasteiger partial charge is 0.313 e. The first-order valence-electron chi connectivity index (χ1n) is 7.51. The summed E-state index contributed by atoms with van der Waals surface area (Å²) in [7, 11) is -3.80. The maximum Gasteiger partial charge on any atom is 0.264 e. The highest BCUT2D eigenvalue weighted by Gasteiger charge is 2.43. The molecule has 1 aromatic heterocycles. The maximum absolute atomic E-state index is 13.6. The molecule has 24 heavy (non-hydrogen) atoms. The van der Waals surface area contributed by atoms with E-state index in [9.17, 15) is 22.4 Å². The third kappa shape index (κ3) is 4.64. The lowest BCUT2D eigenvalue weighted by Gasteiger charge is -2.26. The molecule has 1 rings (SSSR count). The molecule has 1 atom stereocenters. The van der Waals surface area contributed by atoms with Gasteiger partial charge >= 0.3 is 0 Å². The van der Waals surface area contributed by atoms with Crippen LogP contribution >= 0.6 is 0 Å². The van der Waals surface area contributed by atoms with E-state index < -0.39 is 31.9 Å². The van der Waals surface area contributed by atoms with Crippen molar-refractivity contribution in [1.29, 1.82) is 0 Å². The summed E-state index contributed by atoms with van der Waals surface area (Å²) in [6.45, 7) is 4.66. The number of aryl methyl sites for hydroxylation is 2. The van der Waals surface area contributed by atoms with Gasteiger partial charge in [0.1, 0.15) is 5.82 Å². The number of pyridine rings is 1. The summed E-state index contributed by atoms with van der Waals surface area (Å²) in [5, 5.41) is 0. The second-order valence-electron chi connectivity index (χ2n) is 5.87. The number of carbonyl (C=O) groups excluding carboxylic acids is 1. The third-order valence-electron chi connectivity index (χ3n) is 3.87. The lowest BCUT2D eigenvalue weighted by molar-refractivity contribution is -0.136. The highest BCUT2D eigenvalue weighted by Crippen LogP contribution is 2.22. The average Bonchev–Trinajstić information content (AvgIpc) is 2.48. The quantitative estimate of drug-likeness (QED) is 0.549. The van der Waals surface area contributed by atoms with Crippen LogP contribution in [0, 0.1) is 12.7 Å². The number of hydroxylamine groups is 1. The molecule has 1 aromatic rings. The van der Waals surface area contributed by atoms with E-state index in [0.29, 0.717) is 6.42 Å². The topological polar surface area (TPSA) is 94.5 Å². The molecule has 0 aliphatic heterocycles. The molecule has 0 radical (unpaired) electrons. The van der Waals surface area contributed by atoms with Crippen LogP contribution in [0.3, 0.4) is 0 Å². The summed E-state index contributed by atoms with van der Waals surface area (Å²) in [5.41, 5.74) is 1.86. The first-order valence-corrected chi connectivity index (χ1v) is 9.40. The van der Waals surface area contributed by atoms with Gasteiger partial charge in [0.05, 0.1) is 6.61 Å². The van der Waals surface area contributed by atoms with Gasteiger partial charge < -0.3 is 4.57 Å². The molecule has 0 bridgehead atoms. The minimum absolute atomic E-state index is 0.124. The van der Waals surface area contributed by atoms with Crippen molar-refractivity contribution in [3.8, 4) is 0 Å². The van der Waals surface area contributed by atoms with Crippen LogP contribution in [0.4, 0.5) is 4.39 Å². The predicted octanol–water partition coefficient (Wildman–Crippen LogP) is 0.947. The first-order chi connectivity index (χ1) is 11.0. The Morgan fingerprint density at radius 2 is 2.08 bits per heavy atom. The van der Waals surface area contributed by atoms with E-state index in [2.05, 4.69) is 5.48 Å². The monoisotopic (exact) mass is 362 g/mol. The van der Waals surface area contributed by atoms with E-state index in [1.165, 1.54) is 13.8 Å². The van der Waals surface area contributed by atoms with Gasteiger partial charge in [-0.1, -0.05) is 6.92 Å². The highest BCUT2D eigenvalue weighted by molar-refractivity contribution is 7.92. The zero-order valence-electron chi connectivity index (χ0n) is 14.3. The number of rotatable bonds is 8. The third-order valence-corrected chi connectivity index (χ3v) is 5.89. The first kappa shape index (κ1) is 20.3. The van der Waals surface area contributed by atoms with Crippen molar-refractivity contribution in [3.05, 3.63) is 34.0 Å². The predicted molar refractivity (Wildman–Crippen MR) is 87.6 cm³/mol. The summed E-state index contributed by atoms with van der Waals surface area (Å²) in [4.78, 5) is 29.0. The molecule has 136 valence electrons. The second kappa shape index (κ2) is 7.89. The lowest BCUT2D eigenvalue weighted by Crippen LogP contribution is -2.50. The minimum atomic E-state index is -3.80. The summed E-state index contributed by atoms with van der Waals surface area (Å²) >= 11 is 0. The number of amides is 1. The van der Waals surface area contributed by atoms with Crippen molar-refractivity contribution >= 4 is 15.7 Å². The second-order valence-corrected chi connectivity index (χ2v) is 8.31. The molecule has 1 N–H and O–H groups in total. The van der Waals surface area contributed by atoms with Crippen LogP contribution < -0.4 is 11.0 Å². The smallest absolute Gasteiger partial charge is 0.264 e. The van der Waals surface area contributed by atoms with E-state index in [1.54, 1.807) is 0 Å². The summed E-state index contributed by atoms with van der Waals surface area (Å²) in [6, 6.07) is 1.12. The molecule has 9 heteroatoms. The number of sulfone groups is 1. The molecular formula is C15H23FN2O5S. The molecule has 0 aliphatic carbocycles. The number of hydrogen-bond donors (Lipinski definition) is 1. The van der Waals surface area contributed by atoms with Gasteiger partial charge in [0.25, 0.3) is 11.5 Å². The van der Waals surface area contributed by atoms with Crippen molar-refractivity contribution in [1.82, 2.24) is 10.0 Å². The molecule has 0 fully saturated rings. The number of aromatic nitrogens is 1. The Labute approximate surface area is 140 Å². The fourth-order valence-electron chi connectivity index (χ4n) is 1.94. The standard InChI is InChI=1S/C15H23FN2O5S/c1-5-8-23-17-14(20)15(3,24(4,21)22)6-7-18-10-12(16)11(2)9-13(18)19/h9-10H,5-8H2,1-4H3,(H,17,20). The van der Waals surface area contributed by atoms with Crippen molar-refractivity contribution < 1.29 is 22.4 Å². The number of halogens is 1. The zero-order valence-corrected chi connectivity index (χ0v) is 15.1. The van der Waals surface area contributed by atoms with Gasteiger partial charge in [-0.2, -0.15) is 0 Å². The fourth-order valence-corrected chi connectivity index (χ4v) is 2.78. The van der Waals surface area contributed by atoms with E-state index in [-0.39, 0.29) is 25.1 Å². The number of nitrogens with zero attached hydrogens (tertiary/aromatic N) is 1. The minimum Gasteiger partial charge on any atom is -0.313 e. The van der Waals surface area contributed by atoms with Gasteiger partial charge in [-0.05, 0) is 32.3 Å².